The van der Waals surface area contributed by atoms with E-state index in [9.17, 15) is 14.0 Å². The van der Waals surface area contributed by atoms with Gasteiger partial charge < -0.3 is 15.0 Å². The molecule has 0 bridgehead atoms. The van der Waals surface area contributed by atoms with Gasteiger partial charge in [0.1, 0.15) is 11.4 Å². The molecular formula is C19H27FN2O3. The highest BCUT2D eigenvalue weighted by molar-refractivity contribution is 5.79. The number of benzene rings is 1. The van der Waals surface area contributed by atoms with Gasteiger partial charge in [-0.1, -0.05) is 12.1 Å². The highest BCUT2D eigenvalue weighted by atomic mass is 19.1. The number of halogens is 1. The minimum Gasteiger partial charge on any atom is -0.444 e. The van der Waals surface area contributed by atoms with Gasteiger partial charge in [-0.25, -0.2) is 9.18 Å². The van der Waals surface area contributed by atoms with Crippen molar-refractivity contribution in [1.29, 1.82) is 0 Å². The number of amides is 2. The maximum absolute atomic E-state index is 12.9. The Morgan fingerprint density at radius 2 is 1.80 bits per heavy atom. The lowest BCUT2D eigenvalue weighted by Crippen LogP contribution is -2.45. The van der Waals surface area contributed by atoms with Crippen LogP contribution in [0.5, 0.6) is 0 Å². The van der Waals surface area contributed by atoms with Crippen molar-refractivity contribution in [3.05, 3.63) is 35.6 Å². The minimum atomic E-state index is -0.508. The van der Waals surface area contributed by atoms with Crippen LogP contribution in [0.3, 0.4) is 0 Å². The fraction of sp³-hybridized carbons (Fsp3) is 0.579. The van der Waals surface area contributed by atoms with Crippen LogP contribution < -0.4 is 5.32 Å². The van der Waals surface area contributed by atoms with Gasteiger partial charge in [-0.15, -0.1) is 0 Å². The van der Waals surface area contributed by atoms with Gasteiger partial charge in [-0.2, -0.15) is 0 Å². The zero-order valence-electron chi connectivity index (χ0n) is 15.2. The molecule has 2 rings (SSSR count). The van der Waals surface area contributed by atoms with Gasteiger partial charge in [0.25, 0.3) is 0 Å². The molecule has 1 heterocycles. The van der Waals surface area contributed by atoms with Gasteiger partial charge in [-0.05, 0) is 57.7 Å². The Labute approximate surface area is 148 Å². The number of likely N-dealkylation sites (tertiary alicyclic amines) is 1. The Hall–Kier alpha value is -2.11. The molecule has 1 fully saturated rings. The normalized spacial score (nSPS) is 15.8. The van der Waals surface area contributed by atoms with E-state index in [0.29, 0.717) is 38.9 Å². The first-order valence-corrected chi connectivity index (χ1v) is 8.75. The summed E-state index contributed by atoms with van der Waals surface area (Å²) < 4.78 is 18.2. The smallest absolute Gasteiger partial charge is 0.410 e. The van der Waals surface area contributed by atoms with Crippen LogP contribution in [-0.4, -0.2) is 42.1 Å². The molecule has 0 saturated carbocycles. The molecule has 0 atom stereocenters. The summed E-state index contributed by atoms with van der Waals surface area (Å²) in [7, 11) is 0. The van der Waals surface area contributed by atoms with E-state index < -0.39 is 5.60 Å². The molecule has 0 aromatic heterocycles. The summed E-state index contributed by atoms with van der Waals surface area (Å²) in [5.74, 6) is -0.317. The number of nitrogens with zero attached hydrogens (tertiary/aromatic N) is 1. The summed E-state index contributed by atoms with van der Waals surface area (Å²) in [5, 5.41) is 2.93. The van der Waals surface area contributed by atoms with E-state index in [2.05, 4.69) is 5.32 Å². The van der Waals surface area contributed by atoms with E-state index in [1.807, 2.05) is 20.8 Å². The van der Waals surface area contributed by atoms with Crippen molar-refractivity contribution in [3.8, 4) is 0 Å². The van der Waals surface area contributed by atoms with E-state index in [0.717, 1.165) is 5.56 Å². The molecule has 1 aliphatic rings. The molecule has 1 aromatic rings. The number of piperidine rings is 1. The van der Waals surface area contributed by atoms with Crippen molar-refractivity contribution in [3.63, 3.8) is 0 Å². The van der Waals surface area contributed by atoms with Crippen molar-refractivity contribution in [2.45, 2.75) is 45.6 Å². The first-order chi connectivity index (χ1) is 11.7. The number of carbonyl (C=O) groups excluding carboxylic acids is 2. The van der Waals surface area contributed by atoms with Crippen LogP contribution in [0.15, 0.2) is 24.3 Å². The highest BCUT2D eigenvalue weighted by Gasteiger charge is 2.29. The standard InChI is InChI=1S/C19H27FN2O3/c1-19(2,3)25-18(24)22-12-9-15(10-13-22)17(23)21-11-8-14-4-6-16(20)7-5-14/h4-7,15H,8-13H2,1-3H3,(H,21,23). The lowest BCUT2D eigenvalue weighted by atomic mass is 9.96. The molecule has 1 aromatic carbocycles. The summed E-state index contributed by atoms with van der Waals surface area (Å²) in [5.41, 5.74) is 0.479. The third-order valence-electron chi connectivity index (χ3n) is 4.14. The maximum atomic E-state index is 12.9. The predicted octanol–water partition coefficient (Wildman–Crippen LogP) is 3.13. The number of nitrogens with one attached hydrogen (secondary N) is 1. The van der Waals surface area contributed by atoms with Crippen molar-refractivity contribution in [2.24, 2.45) is 5.92 Å². The fourth-order valence-electron chi connectivity index (χ4n) is 2.78. The fourth-order valence-corrected chi connectivity index (χ4v) is 2.78. The van der Waals surface area contributed by atoms with Crippen LogP contribution in [0.1, 0.15) is 39.2 Å². The van der Waals surface area contributed by atoms with Crippen molar-refractivity contribution in [2.75, 3.05) is 19.6 Å². The first-order valence-electron chi connectivity index (χ1n) is 8.75. The number of hydrogen-bond acceptors (Lipinski definition) is 3. The van der Waals surface area contributed by atoms with E-state index in [1.165, 1.54) is 12.1 Å². The predicted molar refractivity (Wildman–Crippen MR) is 93.6 cm³/mol. The molecule has 0 spiro atoms. The van der Waals surface area contributed by atoms with Crippen molar-refractivity contribution in [1.82, 2.24) is 10.2 Å². The molecule has 2 amide bonds. The summed E-state index contributed by atoms with van der Waals surface area (Å²) in [6.45, 7) is 7.11. The second-order valence-electron chi connectivity index (χ2n) is 7.41. The second-order valence-corrected chi connectivity index (χ2v) is 7.41. The number of hydrogen-bond donors (Lipinski definition) is 1. The largest absolute Gasteiger partial charge is 0.444 e. The highest BCUT2D eigenvalue weighted by Crippen LogP contribution is 2.19. The third-order valence-corrected chi connectivity index (χ3v) is 4.14. The topological polar surface area (TPSA) is 58.6 Å². The second kappa shape index (κ2) is 8.32. The summed E-state index contributed by atoms with van der Waals surface area (Å²) in [4.78, 5) is 25.9. The molecular weight excluding hydrogens is 323 g/mol. The minimum absolute atomic E-state index is 0.0194. The monoisotopic (exact) mass is 350 g/mol. The quantitative estimate of drug-likeness (QED) is 0.908. The average molecular weight is 350 g/mol. The molecule has 6 heteroatoms. The lowest BCUT2D eigenvalue weighted by molar-refractivity contribution is -0.126. The van der Waals surface area contributed by atoms with E-state index >= 15 is 0 Å². The van der Waals surface area contributed by atoms with Crippen LogP contribution >= 0.6 is 0 Å². The van der Waals surface area contributed by atoms with Crippen LogP contribution in [0.4, 0.5) is 9.18 Å². The first kappa shape index (κ1) is 19.2. The zero-order chi connectivity index (χ0) is 18.4. The van der Waals surface area contributed by atoms with E-state index in [1.54, 1.807) is 17.0 Å². The molecule has 1 N–H and O–H groups in total. The maximum Gasteiger partial charge on any atom is 0.410 e. The Morgan fingerprint density at radius 1 is 1.20 bits per heavy atom. The summed E-state index contributed by atoms with van der Waals surface area (Å²) in [6, 6.07) is 6.29. The van der Waals surface area contributed by atoms with Crippen LogP contribution in [0.25, 0.3) is 0 Å². The number of rotatable bonds is 4. The number of ether oxygens (including phenoxy) is 1. The third kappa shape index (κ3) is 6.36. The van der Waals surface area contributed by atoms with Gasteiger partial charge in [0.05, 0.1) is 0 Å². The van der Waals surface area contributed by atoms with Gasteiger partial charge in [0.2, 0.25) is 5.91 Å². The van der Waals surface area contributed by atoms with Crippen molar-refractivity contribution < 1.29 is 18.7 Å². The van der Waals surface area contributed by atoms with Gasteiger partial charge in [0, 0.05) is 25.6 Å². The number of carbonyl (C=O) groups is 2. The van der Waals surface area contributed by atoms with Crippen LogP contribution in [-0.2, 0) is 16.0 Å². The SMILES string of the molecule is CC(C)(C)OC(=O)N1CCC(C(=O)NCCc2ccc(F)cc2)CC1. The zero-order valence-corrected chi connectivity index (χ0v) is 15.2. The Bertz CT molecular complexity index is 588. The molecule has 1 saturated heterocycles. The molecule has 138 valence electrons. The molecule has 0 aliphatic carbocycles. The van der Waals surface area contributed by atoms with Gasteiger partial charge in [0.15, 0.2) is 0 Å². The average Bonchev–Trinajstić information content (AvgIpc) is 2.55. The lowest BCUT2D eigenvalue weighted by Gasteiger charge is -2.32. The Balaban J connectivity index is 1.70. The van der Waals surface area contributed by atoms with Gasteiger partial charge >= 0.3 is 6.09 Å². The molecule has 25 heavy (non-hydrogen) atoms. The van der Waals surface area contributed by atoms with Gasteiger partial charge in [-0.3, -0.25) is 4.79 Å². The van der Waals surface area contributed by atoms with Crippen LogP contribution in [0.2, 0.25) is 0 Å². The van der Waals surface area contributed by atoms with E-state index in [4.69, 9.17) is 4.74 Å². The van der Waals surface area contributed by atoms with Crippen molar-refractivity contribution >= 4 is 12.0 Å². The Kier molecular flexibility index (Phi) is 6.39. The molecule has 0 radical (unpaired) electrons. The molecule has 1 aliphatic heterocycles. The molecule has 0 unspecified atom stereocenters. The summed E-state index contributed by atoms with van der Waals surface area (Å²) in [6.07, 6.45) is 1.63. The molecule has 5 nitrogen and oxygen atoms in total. The van der Waals surface area contributed by atoms with Crippen LogP contribution in [0, 0.1) is 11.7 Å². The van der Waals surface area contributed by atoms with E-state index in [-0.39, 0.29) is 23.7 Å². The Morgan fingerprint density at radius 3 is 2.36 bits per heavy atom. The summed E-state index contributed by atoms with van der Waals surface area (Å²) >= 11 is 0.